The first kappa shape index (κ1) is 17.2. The highest BCUT2D eigenvalue weighted by molar-refractivity contribution is 5.82. The molecular weight excluding hydrogens is 316 g/mol. The predicted molar refractivity (Wildman–Crippen MR) is 98.7 cm³/mol. The Morgan fingerprint density at radius 2 is 1.80 bits per heavy atom. The molecule has 0 aliphatic heterocycles. The number of hydrogen-bond donors (Lipinski definition) is 0. The molecule has 3 rings (SSSR count). The molecule has 25 heavy (non-hydrogen) atoms. The number of fused-ring (bicyclic) bond motifs is 1. The van der Waals surface area contributed by atoms with E-state index in [1.54, 1.807) is 6.33 Å². The van der Waals surface area contributed by atoms with Gasteiger partial charge in [-0.3, -0.25) is 4.90 Å². The van der Waals surface area contributed by atoms with Crippen LogP contribution in [0.3, 0.4) is 0 Å². The minimum Gasteiger partial charge on any atom is -0.494 e. The summed E-state index contributed by atoms with van der Waals surface area (Å²) in [5, 5.41) is 0. The number of nitrogens with zero attached hydrogens (tertiary/aromatic N) is 6. The van der Waals surface area contributed by atoms with E-state index in [4.69, 9.17) is 4.74 Å². The zero-order chi connectivity index (χ0) is 17.8. The smallest absolute Gasteiger partial charge is 0.166 e. The fourth-order valence-electron chi connectivity index (χ4n) is 2.78. The normalized spacial score (nSPS) is 11.2. The van der Waals surface area contributed by atoms with Gasteiger partial charge in [-0.2, -0.15) is 0 Å². The standard InChI is InChI=1S/C18H24N6O/c1-5-25-15-8-6-14(7-9-15)10-23(4)13-24-12-21-16-17(22(2)3)19-11-20-18(16)24/h6-9,11-12H,5,10,13H2,1-4H3. The molecule has 0 amide bonds. The molecule has 0 saturated heterocycles. The monoisotopic (exact) mass is 340 g/mol. The lowest BCUT2D eigenvalue weighted by Crippen LogP contribution is -2.21. The van der Waals surface area contributed by atoms with Crippen molar-refractivity contribution >= 4 is 17.0 Å². The van der Waals surface area contributed by atoms with Crippen LogP contribution in [0, 0.1) is 0 Å². The summed E-state index contributed by atoms with van der Waals surface area (Å²) in [4.78, 5) is 17.4. The van der Waals surface area contributed by atoms with Gasteiger partial charge in [0.1, 0.15) is 12.1 Å². The molecule has 0 fully saturated rings. The maximum atomic E-state index is 5.49. The average Bonchev–Trinajstić information content (AvgIpc) is 2.99. The molecule has 3 aromatic rings. The number of benzene rings is 1. The van der Waals surface area contributed by atoms with Gasteiger partial charge in [0.05, 0.1) is 19.6 Å². The van der Waals surface area contributed by atoms with Gasteiger partial charge in [0.2, 0.25) is 0 Å². The molecule has 0 bridgehead atoms. The second kappa shape index (κ2) is 7.48. The van der Waals surface area contributed by atoms with Crippen molar-refractivity contribution < 1.29 is 4.74 Å². The lowest BCUT2D eigenvalue weighted by Gasteiger charge is -2.18. The molecule has 2 heterocycles. The number of imidazole rings is 1. The molecule has 0 atom stereocenters. The minimum absolute atomic E-state index is 0.684. The van der Waals surface area contributed by atoms with E-state index in [2.05, 4.69) is 39.0 Å². The molecule has 7 nitrogen and oxygen atoms in total. The second-order valence-electron chi connectivity index (χ2n) is 6.21. The third-order valence-corrected chi connectivity index (χ3v) is 3.89. The van der Waals surface area contributed by atoms with Crippen molar-refractivity contribution in [3.05, 3.63) is 42.5 Å². The van der Waals surface area contributed by atoms with Crippen LogP contribution >= 0.6 is 0 Å². The highest BCUT2D eigenvalue weighted by Gasteiger charge is 2.12. The van der Waals surface area contributed by atoms with Crippen molar-refractivity contribution in [2.24, 2.45) is 0 Å². The molecule has 0 aliphatic carbocycles. The molecule has 0 unspecified atom stereocenters. The van der Waals surface area contributed by atoms with Gasteiger partial charge in [-0.15, -0.1) is 0 Å². The number of anilines is 1. The van der Waals surface area contributed by atoms with E-state index in [9.17, 15) is 0 Å². The van der Waals surface area contributed by atoms with Crippen molar-refractivity contribution in [3.63, 3.8) is 0 Å². The maximum absolute atomic E-state index is 5.49. The van der Waals surface area contributed by atoms with Crippen LogP contribution in [0.15, 0.2) is 36.9 Å². The van der Waals surface area contributed by atoms with E-state index < -0.39 is 0 Å². The Morgan fingerprint density at radius 1 is 1.04 bits per heavy atom. The van der Waals surface area contributed by atoms with E-state index in [0.717, 1.165) is 29.3 Å². The Bertz CT molecular complexity index is 827. The summed E-state index contributed by atoms with van der Waals surface area (Å²) in [5.41, 5.74) is 2.90. The van der Waals surface area contributed by atoms with Crippen LogP contribution in [-0.2, 0) is 13.2 Å². The van der Waals surface area contributed by atoms with Crippen molar-refractivity contribution in [1.82, 2.24) is 24.4 Å². The van der Waals surface area contributed by atoms with E-state index in [0.29, 0.717) is 13.3 Å². The van der Waals surface area contributed by atoms with Crippen molar-refractivity contribution in [2.45, 2.75) is 20.1 Å². The van der Waals surface area contributed by atoms with Crippen LogP contribution in [0.25, 0.3) is 11.2 Å². The Labute approximate surface area is 147 Å². The first-order chi connectivity index (χ1) is 12.1. The van der Waals surface area contributed by atoms with Gasteiger partial charge in [0.15, 0.2) is 17.0 Å². The Hall–Kier alpha value is -2.67. The van der Waals surface area contributed by atoms with Crippen molar-refractivity contribution in [1.29, 1.82) is 0 Å². The maximum Gasteiger partial charge on any atom is 0.166 e. The summed E-state index contributed by atoms with van der Waals surface area (Å²) in [6.45, 7) is 4.21. The lowest BCUT2D eigenvalue weighted by molar-refractivity contribution is 0.263. The lowest BCUT2D eigenvalue weighted by atomic mass is 10.2. The fourth-order valence-corrected chi connectivity index (χ4v) is 2.78. The van der Waals surface area contributed by atoms with E-state index in [-0.39, 0.29) is 0 Å². The van der Waals surface area contributed by atoms with Gasteiger partial charge in [0.25, 0.3) is 0 Å². The summed E-state index contributed by atoms with van der Waals surface area (Å²) in [7, 11) is 5.99. The number of ether oxygens (including phenoxy) is 1. The predicted octanol–water partition coefficient (Wildman–Crippen LogP) is 2.38. The van der Waals surface area contributed by atoms with Crippen LogP contribution in [0.2, 0.25) is 0 Å². The van der Waals surface area contributed by atoms with E-state index in [1.807, 2.05) is 48.9 Å². The summed E-state index contributed by atoms with van der Waals surface area (Å²) >= 11 is 0. The summed E-state index contributed by atoms with van der Waals surface area (Å²) in [5.74, 6) is 1.74. The largest absolute Gasteiger partial charge is 0.494 e. The van der Waals surface area contributed by atoms with Crippen molar-refractivity contribution in [3.8, 4) is 5.75 Å². The van der Waals surface area contributed by atoms with E-state index in [1.165, 1.54) is 5.56 Å². The summed E-state index contributed by atoms with van der Waals surface area (Å²) in [6, 6.07) is 8.21. The molecule has 0 aliphatic rings. The highest BCUT2D eigenvalue weighted by atomic mass is 16.5. The SMILES string of the molecule is CCOc1ccc(CN(C)Cn2cnc3c(N(C)C)ncnc32)cc1. The fraction of sp³-hybridized carbons (Fsp3) is 0.389. The third kappa shape index (κ3) is 3.88. The van der Waals surface area contributed by atoms with Crippen LogP contribution in [0.1, 0.15) is 12.5 Å². The topological polar surface area (TPSA) is 59.3 Å². The zero-order valence-electron chi connectivity index (χ0n) is 15.2. The molecule has 2 aromatic heterocycles. The quantitative estimate of drug-likeness (QED) is 0.658. The van der Waals surface area contributed by atoms with Gasteiger partial charge in [-0.25, -0.2) is 15.0 Å². The first-order valence-electron chi connectivity index (χ1n) is 8.32. The number of aromatic nitrogens is 4. The van der Waals surface area contributed by atoms with Gasteiger partial charge < -0.3 is 14.2 Å². The number of rotatable bonds is 7. The summed E-state index contributed by atoms with van der Waals surface area (Å²) in [6.07, 6.45) is 3.41. The molecule has 0 spiro atoms. The van der Waals surface area contributed by atoms with Gasteiger partial charge in [0, 0.05) is 20.6 Å². The highest BCUT2D eigenvalue weighted by Crippen LogP contribution is 2.20. The van der Waals surface area contributed by atoms with Gasteiger partial charge >= 0.3 is 0 Å². The van der Waals surface area contributed by atoms with Crippen LogP contribution in [0.5, 0.6) is 5.75 Å². The number of hydrogen-bond acceptors (Lipinski definition) is 6. The van der Waals surface area contributed by atoms with E-state index >= 15 is 0 Å². The zero-order valence-corrected chi connectivity index (χ0v) is 15.2. The minimum atomic E-state index is 0.684. The molecule has 0 N–H and O–H groups in total. The van der Waals surface area contributed by atoms with Crippen molar-refractivity contribution in [2.75, 3.05) is 32.6 Å². The molecule has 0 radical (unpaired) electrons. The Kier molecular flexibility index (Phi) is 5.14. The summed E-state index contributed by atoms with van der Waals surface area (Å²) < 4.78 is 7.53. The van der Waals surface area contributed by atoms with Gasteiger partial charge in [-0.05, 0) is 31.7 Å². The average molecular weight is 340 g/mol. The van der Waals surface area contributed by atoms with Crippen LogP contribution in [-0.4, -0.2) is 52.2 Å². The first-order valence-corrected chi connectivity index (χ1v) is 8.32. The molecule has 132 valence electrons. The van der Waals surface area contributed by atoms with Crippen LogP contribution in [0.4, 0.5) is 5.82 Å². The molecule has 0 saturated carbocycles. The van der Waals surface area contributed by atoms with Crippen LogP contribution < -0.4 is 9.64 Å². The second-order valence-corrected chi connectivity index (χ2v) is 6.21. The molecule has 7 heteroatoms. The Morgan fingerprint density at radius 3 is 2.48 bits per heavy atom. The molecular formula is C18H24N6O. The molecule has 1 aromatic carbocycles. The Balaban J connectivity index is 1.71. The third-order valence-electron chi connectivity index (χ3n) is 3.89. The van der Waals surface area contributed by atoms with Gasteiger partial charge in [-0.1, -0.05) is 12.1 Å².